The van der Waals surface area contributed by atoms with E-state index in [-0.39, 0.29) is 22.9 Å². The van der Waals surface area contributed by atoms with Crippen LogP contribution in [0.15, 0.2) is 70.6 Å². The molecule has 0 radical (unpaired) electrons. The molecule has 0 aliphatic carbocycles. The first-order chi connectivity index (χ1) is 17.6. The second-order valence-electron chi connectivity index (χ2n) is 8.26. The summed E-state index contributed by atoms with van der Waals surface area (Å²) in [6.07, 6.45) is -2.66. The molecule has 0 saturated carbocycles. The van der Waals surface area contributed by atoms with Gasteiger partial charge in [-0.25, -0.2) is 4.98 Å². The summed E-state index contributed by atoms with van der Waals surface area (Å²) < 4.78 is 52.7. The van der Waals surface area contributed by atoms with Gasteiger partial charge in [-0.2, -0.15) is 22.9 Å². The smallest absolute Gasteiger partial charge is 0.416 e. The van der Waals surface area contributed by atoms with Gasteiger partial charge in [0, 0.05) is 22.2 Å². The monoisotopic (exact) mass is 529 g/mol. The van der Waals surface area contributed by atoms with Crippen molar-refractivity contribution in [2.75, 3.05) is 7.11 Å². The lowest BCUT2D eigenvalue weighted by Crippen LogP contribution is -2.20. The maximum atomic E-state index is 13.4. The Hall–Kier alpha value is -3.85. The van der Waals surface area contributed by atoms with E-state index >= 15 is 0 Å². The van der Waals surface area contributed by atoms with Crippen molar-refractivity contribution in [1.29, 1.82) is 0 Å². The van der Waals surface area contributed by atoms with Gasteiger partial charge in [-0.3, -0.25) is 4.79 Å². The SMILES string of the molecule is CC[C@@H](C)Oc1c(C=Nn2c(-c3cccc(C(F)(F)F)c3)nc3ccccc3c2=O)cc(Cl)cc1OC. The van der Waals surface area contributed by atoms with E-state index in [0.717, 1.165) is 23.2 Å². The molecule has 0 fully saturated rings. The first-order valence-corrected chi connectivity index (χ1v) is 11.8. The van der Waals surface area contributed by atoms with Crippen LogP contribution in [-0.2, 0) is 6.18 Å². The third-order valence-electron chi connectivity index (χ3n) is 5.68. The van der Waals surface area contributed by atoms with Crippen molar-refractivity contribution in [3.63, 3.8) is 0 Å². The summed E-state index contributed by atoms with van der Waals surface area (Å²) in [7, 11) is 1.47. The number of alkyl halides is 3. The zero-order chi connectivity index (χ0) is 26.7. The standard InChI is InChI=1S/C27H23ClF3N3O3/c1-4-16(2)37-24-18(13-20(28)14-23(24)36-3)15-32-34-25(17-8-7-9-19(12-17)27(29,30)31)33-22-11-6-5-10-21(22)26(34)35/h5-16H,4H2,1-3H3/t16-/m1/s1. The number of aromatic nitrogens is 2. The minimum Gasteiger partial charge on any atom is -0.493 e. The van der Waals surface area contributed by atoms with Crippen LogP contribution in [0.4, 0.5) is 13.2 Å². The van der Waals surface area contributed by atoms with Crippen molar-refractivity contribution >= 4 is 28.7 Å². The maximum Gasteiger partial charge on any atom is 0.416 e. The number of hydrogen-bond acceptors (Lipinski definition) is 5. The molecule has 4 rings (SSSR count). The van der Waals surface area contributed by atoms with Crippen molar-refractivity contribution in [1.82, 2.24) is 9.66 Å². The van der Waals surface area contributed by atoms with Gasteiger partial charge in [-0.15, -0.1) is 0 Å². The van der Waals surface area contributed by atoms with E-state index in [1.807, 2.05) is 13.8 Å². The Morgan fingerprint density at radius 1 is 1.14 bits per heavy atom. The minimum absolute atomic E-state index is 0.0514. The minimum atomic E-state index is -4.57. The van der Waals surface area contributed by atoms with Crippen molar-refractivity contribution in [2.24, 2.45) is 5.10 Å². The Balaban J connectivity index is 1.94. The Labute approximate surface area is 215 Å². The van der Waals surface area contributed by atoms with Crippen LogP contribution in [-0.4, -0.2) is 29.1 Å². The predicted molar refractivity (Wildman–Crippen MR) is 138 cm³/mol. The van der Waals surface area contributed by atoms with E-state index in [1.165, 1.54) is 25.5 Å². The van der Waals surface area contributed by atoms with Crippen LogP contribution in [0.1, 0.15) is 31.4 Å². The molecule has 3 aromatic carbocycles. The van der Waals surface area contributed by atoms with Crippen LogP contribution in [0.25, 0.3) is 22.3 Å². The van der Waals surface area contributed by atoms with Crippen LogP contribution < -0.4 is 15.0 Å². The molecule has 1 aromatic heterocycles. The molecule has 192 valence electrons. The average molecular weight is 530 g/mol. The number of hydrogen-bond donors (Lipinski definition) is 0. The van der Waals surface area contributed by atoms with E-state index < -0.39 is 17.3 Å². The lowest BCUT2D eigenvalue weighted by molar-refractivity contribution is -0.137. The van der Waals surface area contributed by atoms with Crippen molar-refractivity contribution in [3.8, 4) is 22.9 Å². The summed E-state index contributed by atoms with van der Waals surface area (Å²) in [5, 5.41) is 4.95. The molecular weight excluding hydrogens is 507 g/mol. The fraction of sp³-hybridized carbons (Fsp3) is 0.222. The first kappa shape index (κ1) is 26.2. The third kappa shape index (κ3) is 5.61. The van der Waals surface area contributed by atoms with Crippen molar-refractivity contribution in [2.45, 2.75) is 32.5 Å². The van der Waals surface area contributed by atoms with E-state index in [4.69, 9.17) is 21.1 Å². The highest BCUT2D eigenvalue weighted by Gasteiger charge is 2.31. The number of fused-ring (bicyclic) bond motifs is 1. The summed E-state index contributed by atoms with van der Waals surface area (Å²) >= 11 is 6.26. The van der Waals surface area contributed by atoms with Gasteiger partial charge in [-0.05, 0) is 43.7 Å². The molecule has 37 heavy (non-hydrogen) atoms. The van der Waals surface area contributed by atoms with E-state index in [1.54, 1.807) is 36.4 Å². The molecule has 10 heteroatoms. The number of rotatable bonds is 7. The maximum absolute atomic E-state index is 13.4. The number of nitrogens with zero attached hydrogens (tertiary/aromatic N) is 3. The summed E-state index contributed by atoms with van der Waals surface area (Å²) in [4.78, 5) is 17.9. The zero-order valence-corrected chi connectivity index (χ0v) is 21.0. The first-order valence-electron chi connectivity index (χ1n) is 11.4. The van der Waals surface area contributed by atoms with Gasteiger partial charge in [0.25, 0.3) is 5.56 Å². The molecule has 1 heterocycles. The lowest BCUT2D eigenvalue weighted by atomic mass is 10.1. The molecule has 6 nitrogen and oxygen atoms in total. The molecule has 0 aliphatic heterocycles. The number of ether oxygens (including phenoxy) is 2. The number of halogens is 4. The summed E-state index contributed by atoms with van der Waals surface area (Å²) in [5.74, 6) is 0.688. The normalized spacial score (nSPS) is 12.7. The fourth-order valence-corrected chi connectivity index (χ4v) is 3.84. The highest BCUT2D eigenvalue weighted by atomic mass is 35.5. The number of methoxy groups -OCH3 is 1. The highest BCUT2D eigenvalue weighted by Crippen LogP contribution is 2.35. The van der Waals surface area contributed by atoms with Gasteiger partial charge in [0.1, 0.15) is 0 Å². The molecule has 0 amide bonds. The van der Waals surface area contributed by atoms with Gasteiger partial charge in [0.2, 0.25) is 0 Å². The number of benzene rings is 3. The van der Waals surface area contributed by atoms with Crippen molar-refractivity contribution in [3.05, 3.63) is 87.2 Å². The molecule has 1 atom stereocenters. The van der Waals surface area contributed by atoms with Crippen LogP contribution >= 0.6 is 11.6 Å². The zero-order valence-electron chi connectivity index (χ0n) is 20.2. The molecule has 0 unspecified atom stereocenters. The quantitative estimate of drug-likeness (QED) is 0.247. The summed E-state index contributed by atoms with van der Waals surface area (Å²) in [6.45, 7) is 3.85. The molecule has 0 spiro atoms. The molecule has 0 aliphatic rings. The summed E-state index contributed by atoms with van der Waals surface area (Å²) in [6, 6.07) is 14.3. The van der Waals surface area contributed by atoms with Crippen LogP contribution in [0.5, 0.6) is 11.5 Å². The topological polar surface area (TPSA) is 65.7 Å². The van der Waals surface area contributed by atoms with Crippen LogP contribution in [0.3, 0.4) is 0 Å². The molecule has 0 bridgehead atoms. The highest BCUT2D eigenvalue weighted by molar-refractivity contribution is 6.31. The predicted octanol–water partition coefficient (Wildman–Crippen LogP) is 6.80. The van der Waals surface area contributed by atoms with Gasteiger partial charge in [0.15, 0.2) is 17.3 Å². The average Bonchev–Trinajstić information content (AvgIpc) is 2.88. The molecule has 4 aromatic rings. The Bertz CT molecular complexity index is 1530. The molecule has 0 saturated heterocycles. The molecule has 0 N–H and O–H groups in total. The van der Waals surface area contributed by atoms with Crippen LogP contribution in [0.2, 0.25) is 5.02 Å². The van der Waals surface area contributed by atoms with Gasteiger partial charge < -0.3 is 9.47 Å². The largest absolute Gasteiger partial charge is 0.493 e. The molecular formula is C27H23ClF3N3O3. The van der Waals surface area contributed by atoms with Gasteiger partial charge >= 0.3 is 6.18 Å². The van der Waals surface area contributed by atoms with Gasteiger partial charge in [0.05, 0.1) is 35.9 Å². The Kier molecular flexibility index (Phi) is 7.54. The van der Waals surface area contributed by atoms with Crippen LogP contribution in [0, 0.1) is 0 Å². The van der Waals surface area contributed by atoms with Crippen molar-refractivity contribution < 1.29 is 22.6 Å². The lowest BCUT2D eigenvalue weighted by Gasteiger charge is -2.18. The Morgan fingerprint density at radius 3 is 2.59 bits per heavy atom. The van der Waals surface area contributed by atoms with E-state index in [0.29, 0.717) is 27.6 Å². The van der Waals surface area contributed by atoms with E-state index in [2.05, 4.69) is 10.1 Å². The number of para-hydroxylation sites is 1. The summed E-state index contributed by atoms with van der Waals surface area (Å²) in [5.41, 5.74) is -0.592. The van der Waals surface area contributed by atoms with E-state index in [9.17, 15) is 18.0 Å². The second kappa shape index (κ2) is 10.6. The second-order valence-corrected chi connectivity index (χ2v) is 8.69. The third-order valence-corrected chi connectivity index (χ3v) is 5.89. The fourth-order valence-electron chi connectivity index (χ4n) is 3.62. The Morgan fingerprint density at radius 2 is 1.89 bits per heavy atom. The van der Waals surface area contributed by atoms with Gasteiger partial charge in [-0.1, -0.05) is 42.8 Å².